The summed E-state index contributed by atoms with van der Waals surface area (Å²) in [5.74, 6) is -0.697. The first-order valence-electron chi connectivity index (χ1n) is 5.47. The Kier molecular flexibility index (Phi) is 5.61. The molecule has 0 saturated carbocycles. The van der Waals surface area contributed by atoms with Crippen LogP contribution in [-0.2, 0) is 4.79 Å². The molecule has 0 aliphatic rings. The van der Waals surface area contributed by atoms with Gasteiger partial charge in [0.1, 0.15) is 0 Å². The van der Waals surface area contributed by atoms with Crippen molar-refractivity contribution in [3.05, 3.63) is 34.9 Å². The van der Waals surface area contributed by atoms with Crippen LogP contribution in [0.15, 0.2) is 24.3 Å². The summed E-state index contributed by atoms with van der Waals surface area (Å²) in [6.07, 6.45) is 0. The number of hydrogen-bond acceptors (Lipinski definition) is 3. The third kappa shape index (κ3) is 4.73. The number of carbonyl (C=O) groups is 2. The smallest absolute Gasteiger partial charge is 0.251 e. The molecule has 5 nitrogen and oxygen atoms in total. The van der Waals surface area contributed by atoms with Crippen molar-refractivity contribution >= 4 is 23.4 Å². The first-order chi connectivity index (χ1) is 8.52. The summed E-state index contributed by atoms with van der Waals surface area (Å²) < 4.78 is 0. The van der Waals surface area contributed by atoms with E-state index in [4.69, 9.17) is 16.7 Å². The van der Waals surface area contributed by atoms with Crippen LogP contribution in [0.4, 0.5) is 0 Å². The number of aliphatic hydroxyl groups is 1. The van der Waals surface area contributed by atoms with Crippen molar-refractivity contribution < 1.29 is 14.7 Å². The van der Waals surface area contributed by atoms with E-state index in [0.717, 1.165) is 0 Å². The van der Waals surface area contributed by atoms with Crippen molar-refractivity contribution in [2.45, 2.75) is 13.0 Å². The molecule has 0 bridgehead atoms. The summed E-state index contributed by atoms with van der Waals surface area (Å²) in [4.78, 5) is 23.0. The zero-order valence-corrected chi connectivity index (χ0v) is 10.7. The van der Waals surface area contributed by atoms with Gasteiger partial charge in [0, 0.05) is 16.6 Å². The van der Waals surface area contributed by atoms with Crippen molar-refractivity contribution in [3.8, 4) is 0 Å². The third-order valence-electron chi connectivity index (χ3n) is 2.20. The van der Waals surface area contributed by atoms with Gasteiger partial charge in [0.15, 0.2) is 0 Å². The van der Waals surface area contributed by atoms with Crippen LogP contribution >= 0.6 is 11.6 Å². The SMILES string of the molecule is C[C@@H](CO)NC(=O)CNC(=O)c1ccc(Cl)cc1. The van der Waals surface area contributed by atoms with Gasteiger partial charge >= 0.3 is 0 Å². The quantitative estimate of drug-likeness (QED) is 0.732. The lowest BCUT2D eigenvalue weighted by molar-refractivity contribution is -0.121. The van der Waals surface area contributed by atoms with Gasteiger partial charge in [-0.1, -0.05) is 11.6 Å². The topological polar surface area (TPSA) is 78.4 Å². The maximum absolute atomic E-state index is 11.6. The molecule has 0 radical (unpaired) electrons. The Bertz CT molecular complexity index is 420. The molecule has 18 heavy (non-hydrogen) atoms. The van der Waals surface area contributed by atoms with E-state index >= 15 is 0 Å². The number of rotatable bonds is 5. The van der Waals surface area contributed by atoms with Crippen molar-refractivity contribution in [1.82, 2.24) is 10.6 Å². The van der Waals surface area contributed by atoms with Gasteiger partial charge in [-0.3, -0.25) is 9.59 Å². The van der Waals surface area contributed by atoms with E-state index in [2.05, 4.69) is 10.6 Å². The Balaban J connectivity index is 2.41. The summed E-state index contributed by atoms with van der Waals surface area (Å²) in [6, 6.07) is 6.02. The zero-order valence-electron chi connectivity index (χ0n) is 9.94. The Morgan fingerprint density at radius 3 is 2.50 bits per heavy atom. The Morgan fingerprint density at radius 2 is 1.94 bits per heavy atom. The molecule has 0 fully saturated rings. The van der Waals surface area contributed by atoms with Crippen molar-refractivity contribution in [1.29, 1.82) is 0 Å². The third-order valence-corrected chi connectivity index (χ3v) is 2.45. The number of benzene rings is 1. The summed E-state index contributed by atoms with van der Waals surface area (Å²) in [5.41, 5.74) is 0.433. The fourth-order valence-corrected chi connectivity index (χ4v) is 1.36. The summed E-state index contributed by atoms with van der Waals surface area (Å²) in [7, 11) is 0. The van der Waals surface area contributed by atoms with Gasteiger partial charge in [0.2, 0.25) is 5.91 Å². The minimum atomic E-state index is -0.349. The van der Waals surface area contributed by atoms with Crippen LogP contribution in [0.1, 0.15) is 17.3 Å². The molecule has 0 heterocycles. The number of halogens is 1. The van der Waals surface area contributed by atoms with Gasteiger partial charge in [-0.15, -0.1) is 0 Å². The molecule has 1 atom stereocenters. The number of amides is 2. The van der Waals surface area contributed by atoms with E-state index in [9.17, 15) is 9.59 Å². The fraction of sp³-hybridized carbons (Fsp3) is 0.333. The molecular formula is C12H15ClN2O3. The molecule has 0 spiro atoms. The highest BCUT2D eigenvalue weighted by Crippen LogP contribution is 2.09. The maximum atomic E-state index is 11.6. The number of nitrogens with one attached hydrogen (secondary N) is 2. The van der Waals surface area contributed by atoms with Gasteiger partial charge in [0.05, 0.1) is 13.2 Å². The van der Waals surface area contributed by atoms with Crippen molar-refractivity contribution in [2.75, 3.05) is 13.2 Å². The van der Waals surface area contributed by atoms with E-state index in [-0.39, 0.29) is 31.0 Å². The summed E-state index contributed by atoms with van der Waals surface area (Å²) in [5, 5.41) is 14.3. The molecule has 0 unspecified atom stereocenters. The van der Waals surface area contributed by atoms with Gasteiger partial charge in [-0.25, -0.2) is 0 Å². The Morgan fingerprint density at radius 1 is 1.33 bits per heavy atom. The molecule has 0 saturated heterocycles. The van der Waals surface area contributed by atoms with Crippen LogP contribution in [0.5, 0.6) is 0 Å². The molecule has 0 aromatic heterocycles. The summed E-state index contributed by atoms with van der Waals surface area (Å²) in [6.45, 7) is 1.39. The normalized spacial score (nSPS) is 11.7. The van der Waals surface area contributed by atoms with E-state index < -0.39 is 0 Å². The average Bonchev–Trinajstić information content (AvgIpc) is 2.36. The molecule has 0 aliphatic heterocycles. The van der Waals surface area contributed by atoms with E-state index in [0.29, 0.717) is 10.6 Å². The monoisotopic (exact) mass is 270 g/mol. The van der Waals surface area contributed by atoms with E-state index in [1.165, 1.54) is 0 Å². The van der Waals surface area contributed by atoms with Gasteiger partial charge in [-0.2, -0.15) is 0 Å². The lowest BCUT2D eigenvalue weighted by atomic mass is 10.2. The predicted octanol–water partition coefficient (Wildman–Crippen LogP) is 0.567. The van der Waals surface area contributed by atoms with Crippen LogP contribution < -0.4 is 10.6 Å². The number of carbonyl (C=O) groups excluding carboxylic acids is 2. The van der Waals surface area contributed by atoms with Crippen LogP contribution in [-0.4, -0.2) is 36.1 Å². The molecule has 98 valence electrons. The molecule has 1 rings (SSSR count). The molecule has 2 amide bonds. The van der Waals surface area contributed by atoms with Gasteiger partial charge in [0.25, 0.3) is 5.91 Å². The van der Waals surface area contributed by atoms with Gasteiger partial charge < -0.3 is 15.7 Å². The van der Waals surface area contributed by atoms with Crippen LogP contribution in [0.25, 0.3) is 0 Å². The zero-order chi connectivity index (χ0) is 13.5. The standard InChI is InChI=1S/C12H15ClN2O3/c1-8(7-16)15-11(17)6-14-12(18)9-2-4-10(13)5-3-9/h2-5,8,16H,6-7H2,1H3,(H,14,18)(H,15,17)/t8-/m0/s1. The van der Waals surface area contributed by atoms with Crippen LogP contribution in [0, 0.1) is 0 Å². The minimum Gasteiger partial charge on any atom is -0.394 e. The average molecular weight is 271 g/mol. The number of hydrogen-bond donors (Lipinski definition) is 3. The highest BCUT2D eigenvalue weighted by molar-refractivity contribution is 6.30. The molecule has 0 aliphatic carbocycles. The molecule has 6 heteroatoms. The Labute approximate surface area is 110 Å². The highest BCUT2D eigenvalue weighted by Gasteiger charge is 2.09. The molecule has 3 N–H and O–H groups in total. The van der Waals surface area contributed by atoms with E-state index in [1.54, 1.807) is 31.2 Å². The lowest BCUT2D eigenvalue weighted by Crippen LogP contribution is -2.42. The van der Waals surface area contributed by atoms with Crippen molar-refractivity contribution in [3.63, 3.8) is 0 Å². The first kappa shape index (κ1) is 14.5. The van der Waals surface area contributed by atoms with E-state index in [1.807, 2.05) is 0 Å². The number of aliphatic hydroxyl groups excluding tert-OH is 1. The second kappa shape index (κ2) is 6.98. The molecule has 1 aromatic carbocycles. The summed E-state index contributed by atoms with van der Waals surface area (Å²) >= 11 is 5.70. The van der Waals surface area contributed by atoms with Gasteiger partial charge in [-0.05, 0) is 31.2 Å². The van der Waals surface area contributed by atoms with Crippen LogP contribution in [0.2, 0.25) is 5.02 Å². The second-order valence-electron chi connectivity index (χ2n) is 3.84. The highest BCUT2D eigenvalue weighted by atomic mass is 35.5. The maximum Gasteiger partial charge on any atom is 0.251 e. The largest absolute Gasteiger partial charge is 0.394 e. The minimum absolute atomic E-state index is 0.133. The van der Waals surface area contributed by atoms with Crippen molar-refractivity contribution in [2.24, 2.45) is 0 Å². The second-order valence-corrected chi connectivity index (χ2v) is 4.28. The predicted molar refractivity (Wildman–Crippen MR) is 68.5 cm³/mol. The molecule has 1 aromatic rings. The first-order valence-corrected chi connectivity index (χ1v) is 5.84. The molecular weight excluding hydrogens is 256 g/mol. The van der Waals surface area contributed by atoms with Crippen LogP contribution in [0.3, 0.4) is 0 Å². The lowest BCUT2D eigenvalue weighted by Gasteiger charge is -2.11. The Hall–Kier alpha value is -1.59. The fourth-order valence-electron chi connectivity index (χ4n) is 1.24.